The molecule has 2 fully saturated rings. The number of amides is 1. The Morgan fingerprint density at radius 3 is 2.62 bits per heavy atom. The van der Waals surface area contributed by atoms with Crippen LogP contribution in [0.4, 0.5) is 0 Å². The van der Waals surface area contributed by atoms with Crippen molar-refractivity contribution in [2.45, 2.75) is 24.7 Å². The van der Waals surface area contributed by atoms with E-state index in [1.165, 1.54) is 4.31 Å². The van der Waals surface area contributed by atoms with E-state index >= 15 is 0 Å². The van der Waals surface area contributed by atoms with Gasteiger partial charge in [-0.25, -0.2) is 8.42 Å². The van der Waals surface area contributed by atoms with Crippen LogP contribution in [0.25, 0.3) is 0 Å². The number of hydrogen-bond acceptors (Lipinski definition) is 4. The summed E-state index contributed by atoms with van der Waals surface area (Å²) in [5.41, 5.74) is 1.02. The third-order valence-corrected chi connectivity index (χ3v) is 6.72. The number of sulfonamides is 1. The molecule has 2 saturated heterocycles. The van der Waals surface area contributed by atoms with Gasteiger partial charge in [0.1, 0.15) is 0 Å². The van der Waals surface area contributed by atoms with Gasteiger partial charge in [-0.1, -0.05) is 17.7 Å². The van der Waals surface area contributed by atoms with Gasteiger partial charge >= 0.3 is 0 Å². The van der Waals surface area contributed by atoms with E-state index in [0.717, 1.165) is 25.1 Å². The molecule has 1 amide bonds. The monoisotopic (exact) mass is 351 g/mol. The molecule has 6 nitrogen and oxygen atoms in total. The third-order valence-electron chi connectivity index (χ3n) is 4.84. The highest BCUT2D eigenvalue weighted by atomic mass is 32.2. The molecule has 0 bridgehead atoms. The standard InChI is InChI=1S/C17H25N3O3S/c1-13-4-6-16(7-5-13)24(22,23)20-8-2-3-15(12-20)17(21)19-11-14-9-18-10-14/h4-7,14-15,18H,2-3,8-12H2,1H3,(H,19,21). The minimum atomic E-state index is -3.53. The molecule has 0 aromatic heterocycles. The largest absolute Gasteiger partial charge is 0.355 e. The minimum absolute atomic E-state index is 0.0225. The number of carbonyl (C=O) groups excluding carboxylic acids is 1. The van der Waals surface area contributed by atoms with Crippen LogP contribution in [-0.2, 0) is 14.8 Å². The van der Waals surface area contributed by atoms with Crippen LogP contribution in [0.2, 0.25) is 0 Å². The summed E-state index contributed by atoms with van der Waals surface area (Å²) in [6.45, 7) is 5.23. The fraction of sp³-hybridized carbons (Fsp3) is 0.588. The molecule has 3 rings (SSSR count). The maximum atomic E-state index is 12.8. The van der Waals surface area contributed by atoms with Gasteiger partial charge in [0.2, 0.25) is 15.9 Å². The Hall–Kier alpha value is -1.44. The zero-order valence-corrected chi connectivity index (χ0v) is 14.8. The SMILES string of the molecule is Cc1ccc(S(=O)(=O)N2CCCC(C(=O)NCC3CNC3)C2)cc1. The van der Waals surface area contributed by atoms with Crippen LogP contribution in [0.3, 0.4) is 0 Å². The summed E-state index contributed by atoms with van der Waals surface area (Å²) in [6, 6.07) is 6.87. The average Bonchev–Trinajstić information content (AvgIpc) is 2.54. The van der Waals surface area contributed by atoms with Crippen molar-refractivity contribution in [2.24, 2.45) is 11.8 Å². The van der Waals surface area contributed by atoms with Crippen molar-refractivity contribution in [1.29, 1.82) is 0 Å². The van der Waals surface area contributed by atoms with Gasteiger partial charge in [-0.3, -0.25) is 4.79 Å². The van der Waals surface area contributed by atoms with Crippen molar-refractivity contribution < 1.29 is 13.2 Å². The summed E-state index contributed by atoms with van der Waals surface area (Å²) in [7, 11) is -3.53. The molecule has 0 radical (unpaired) electrons. The highest BCUT2D eigenvalue weighted by Crippen LogP contribution is 2.24. The molecule has 0 aliphatic carbocycles. The highest BCUT2D eigenvalue weighted by Gasteiger charge is 2.33. The van der Waals surface area contributed by atoms with E-state index in [-0.39, 0.29) is 18.4 Å². The smallest absolute Gasteiger partial charge is 0.243 e. The first-order chi connectivity index (χ1) is 11.5. The fourth-order valence-corrected chi connectivity index (χ4v) is 4.64. The molecule has 1 atom stereocenters. The summed E-state index contributed by atoms with van der Waals surface area (Å²) in [6.07, 6.45) is 1.46. The predicted octanol–water partition coefficient (Wildman–Crippen LogP) is 0.731. The quantitative estimate of drug-likeness (QED) is 0.820. The number of nitrogens with zero attached hydrogens (tertiary/aromatic N) is 1. The molecule has 2 N–H and O–H groups in total. The maximum Gasteiger partial charge on any atom is 0.243 e. The van der Waals surface area contributed by atoms with Gasteiger partial charge in [0.15, 0.2) is 0 Å². The molecule has 132 valence electrons. The first kappa shape index (κ1) is 17.4. The second kappa shape index (κ2) is 7.21. The molecule has 2 aliphatic rings. The van der Waals surface area contributed by atoms with Crippen LogP contribution in [0.15, 0.2) is 29.2 Å². The van der Waals surface area contributed by atoms with Gasteiger partial charge in [0, 0.05) is 38.6 Å². The number of benzene rings is 1. The summed E-state index contributed by atoms with van der Waals surface area (Å²) in [5.74, 6) is 0.225. The Balaban J connectivity index is 1.63. The molecule has 2 aliphatic heterocycles. The van der Waals surface area contributed by atoms with Crippen LogP contribution in [-0.4, -0.2) is 51.4 Å². The Kier molecular flexibility index (Phi) is 5.22. The lowest BCUT2D eigenvalue weighted by atomic mass is 9.98. The highest BCUT2D eigenvalue weighted by molar-refractivity contribution is 7.89. The number of hydrogen-bond donors (Lipinski definition) is 2. The van der Waals surface area contributed by atoms with Crippen molar-refractivity contribution in [3.05, 3.63) is 29.8 Å². The van der Waals surface area contributed by atoms with Crippen molar-refractivity contribution in [3.8, 4) is 0 Å². The van der Waals surface area contributed by atoms with E-state index in [0.29, 0.717) is 30.3 Å². The summed E-state index contributed by atoms with van der Waals surface area (Å²) < 4.78 is 27.0. The Labute approximate surface area is 143 Å². The fourth-order valence-electron chi connectivity index (χ4n) is 3.12. The first-order valence-electron chi connectivity index (χ1n) is 8.52. The zero-order valence-electron chi connectivity index (χ0n) is 14.0. The van der Waals surface area contributed by atoms with Crippen LogP contribution in [0, 0.1) is 18.8 Å². The molecular weight excluding hydrogens is 326 g/mol. The van der Waals surface area contributed by atoms with Crippen LogP contribution in [0.1, 0.15) is 18.4 Å². The lowest BCUT2D eigenvalue weighted by Gasteiger charge is -2.32. The van der Waals surface area contributed by atoms with E-state index in [9.17, 15) is 13.2 Å². The second-order valence-electron chi connectivity index (χ2n) is 6.78. The van der Waals surface area contributed by atoms with E-state index in [4.69, 9.17) is 0 Å². The normalized spacial score (nSPS) is 22.8. The van der Waals surface area contributed by atoms with E-state index < -0.39 is 10.0 Å². The molecule has 1 unspecified atom stereocenters. The molecule has 2 heterocycles. The van der Waals surface area contributed by atoms with Crippen LogP contribution >= 0.6 is 0 Å². The van der Waals surface area contributed by atoms with Gasteiger partial charge in [-0.05, 0) is 31.9 Å². The maximum absolute atomic E-state index is 12.8. The summed E-state index contributed by atoms with van der Waals surface area (Å²) in [5, 5.41) is 6.15. The molecule has 0 spiro atoms. The minimum Gasteiger partial charge on any atom is -0.355 e. The summed E-state index contributed by atoms with van der Waals surface area (Å²) >= 11 is 0. The van der Waals surface area contributed by atoms with E-state index in [1.807, 2.05) is 6.92 Å². The Morgan fingerprint density at radius 2 is 2.00 bits per heavy atom. The molecular formula is C17H25N3O3S. The van der Waals surface area contributed by atoms with E-state index in [1.54, 1.807) is 24.3 Å². The zero-order chi connectivity index (χ0) is 17.2. The topological polar surface area (TPSA) is 78.5 Å². The van der Waals surface area contributed by atoms with Crippen molar-refractivity contribution in [3.63, 3.8) is 0 Å². The molecule has 1 aromatic rings. The average molecular weight is 351 g/mol. The summed E-state index contributed by atoms with van der Waals surface area (Å²) in [4.78, 5) is 12.6. The van der Waals surface area contributed by atoms with Gasteiger partial charge in [0.05, 0.1) is 10.8 Å². The number of nitrogens with one attached hydrogen (secondary N) is 2. The molecule has 1 aromatic carbocycles. The Morgan fingerprint density at radius 1 is 1.29 bits per heavy atom. The van der Waals surface area contributed by atoms with Crippen molar-refractivity contribution in [1.82, 2.24) is 14.9 Å². The molecule has 0 saturated carbocycles. The number of rotatable bonds is 5. The first-order valence-corrected chi connectivity index (χ1v) is 9.96. The predicted molar refractivity (Wildman–Crippen MR) is 92.0 cm³/mol. The molecule has 24 heavy (non-hydrogen) atoms. The second-order valence-corrected chi connectivity index (χ2v) is 8.72. The number of piperidine rings is 1. The van der Waals surface area contributed by atoms with E-state index in [2.05, 4.69) is 10.6 Å². The molecule has 7 heteroatoms. The Bertz CT molecular complexity index is 684. The van der Waals surface area contributed by atoms with Gasteiger partial charge in [-0.15, -0.1) is 0 Å². The van der Waals surface area contributed by atoms with Crippen LogP contribution in [0.5, 0.6) is 0 Å². The van der Waals surface area contributed by atoms with Crippen molar-refractivity contribution >= 4 is 15.9 Å². The third kappa shape index (κ3) is 3.79. The van der Waals surface area contributed by atoms with Gasteiger partial charge in [-0.2, -0.15) is 4.31 Å². The lowest BCUT2D eigenvalue weighted by Crippen LogP contribution is -2.50. The number of aryl methyl sites for hydroxylation is 1. The van der Waals surface area contributed by atoms with Crippen LogP contribution < -0.4 is 10.6 Å². The van der Waals surface area contributed by atoms with Gasteiger partial charge in [0.25, 0.3) is 0 Å². The van der Waals surface area contributed by atoms with Gasteiger partial charge < -0.3 is 10.6 Å². The lowest BCUT2D eigenvalue weighted by molar-refractivity contribution is -0.126. The number of carbonyl (C=O) groups is 1. The van der Waals surface area contributed by atoms with Crippen molar-refractivity contribution in [2.75, 3.05) is 32.7 Å².